The van der Waals surface area contributed by atoms with Gasteiger partial charge in [0.15, 0.2) is 0 Å². The standard InChI is InChI=1S/C31H36O2S/c1-20(2)12-14-32-28-17-26-27-18-29(33-15-13-21(3)4)25(23(6)24-10-8-7-9-11-24)19-31(27)34-30(26)16-22(28)5/h7-11,16-21H,6,12-15H2,1-5H3. The van der Waals surface area contributed by atoms with Crippen LogP contribution in [0.3, 0.4) is 0 Å². The number of aryl methyl sites for hydroxylation is 1. The van der Waals surface area contributed by atoms with E-state index in [1.807, 2.05) is 17.4 Å². The lowest BCUT2D eigenvalue weighted by Gasteiger charge is -2.15. The Kier molecular flexibility index (Phi) is 7.63. The normalized spacial score (nSPS) is 11.6. The van der Waals surface area contributed by atoms with Gasteiger partial charge in [0.25, 0.3) is 0 Å². The third kappa shape index (κ3) is 5.47. The number of hydrogen-bond acceptors (Lipinski definition) is 3. The van der Waals surface area contributed by atoms with E-state index in [0.29, 0.717) is 18.4 Å². The molecule has 0 unspecified atom stereocenters. The third-order valence-electron chi connectivity index (χ3n) is 6.22. The maximum absolute atomic E-state index is 6.37. The van der Waals surface area contributed by atoms with E-state index in [1.165, 1.54) is 25.7 Å². The minimum absolute atomic E-state index is 0.597. The molecule has 0 bridgehead atoms. The number of ether oxygens (including phenoxy) is 2. The fourth-order valence-corrected chi connectivity index (χ4v) is 5.25. The monoisotopic (exact) mass is 472 g/mol. The Bertz CT molecular complexity index is 1280. The first-order valence-corrected chi connectivity index (χ1v) is 13.2. The topological polar surface area (TPSA) is 18.5 Å². The molecule has 1 heterocycles. The van der Waals surface area contributed by atoms with Gasteiger partial charge in [0.2, 0.25) is 0 Å². The summed E-state index contributed by atoms with van der Waals surface area (Å²) in [5, 5.41) is 2.45. The summed E-state index contributed by atoms with van der Waals surface area (Å²) in [6, 6.07) is 19.3. The number of hydrogen-bond donors (Lipinski definition) is 0. The largest absolute Gasteiger partial charge is 0.493 e. The van der Waals surface area contributed by atoms with Gasteiger partial charge in [-0.3, -0.25) is 0 Å². The lowest BCUT2D eigenvalue weighted by molar-refractivity contribution is 0.288. The first-order chi connectivity index (χ1) is 16.3. The summed E-state index contributed by atoms with van der Waals surface area (Å²) in [4.78, 5) is 0. The summed E-state index contributed by atoms with van der Waals surface area (Å²) in [5.74, 6) is 3.12. The van der Waals surface area contributed by atoms with E-state index >= 15 is 0 Å². The van der Waals surface area contributed by atoms with Crippen LogP contribution in [0.1, 0.15) is 57.2 Å². The van der Waals surface area contributed by atoms with Crippen LogP contribution >= 0.6 is 11.3 Å². The molecule has 4 aromatic rings. The molecule has 3 aromatic carbocycles. The molecule has 0 radical (unpaired) electrons. The molecule has 178 valence electrons. The van der Waals surface area contributed by atoms with E-state index in [4.69, 9.17) is 9.47 Å². The number of benzene rings is 3. The van der Waals surface area contributed by atoms with Gasteiger partial charge < -0.3 is 9.47 Å². The van der Waals surface area contributed by atoms with E-state index in [-0.39, 0.29) is 0 Å². The molecule has 0 aliphatic heterocycles. The van der Waals surface area contributed by atoms with Crippen molar-refractivity contribution in [1.82, 2.24) is 0 Å². The Morgan fingerprint density at radius 1 is 0.794 bits per heavy atom. The molecule has 0 N–H and O–H groups in total. The Morgan fingerprint density at radius 2 is 1.35 bits per heavy atom. The van der Waals surface area contributed by atoms with Crippen molar-refractivity contribution in [3.8, 4) is 11.5 Å². The molecule has 0 atom stereocenters. The van der Waals surface area contributed by atoms with Gasteiger partial charge in [-0.2, -0.15) is 0 Å². The summed E-state index contributed by atoms with van der Waals surface area (Å²) in [6.07, 6.45) is 2.08. The quantitative estimate of drug-likeness (QED) is 0.229. The highest BCUT2D eigenvalue weighted by Gasteiger charge is 2.16. The highest BCUT2D eigenvalue weighted by molar-refractivity contribution is 7.25. The van der Waals surface area contributed by atoms with Crippen molar-refractivity contribution in [3.05, 3.63) is 77.9 Å². The Balaban J connectivity index is 1.78. The molecule has 3 heteroatoms. The molecule has 34 heavy (non-hydrogen) atoms. The number of fused-ring (bicyclic) bond motifs is 3. The second-order valence-corrected chi connectivity index (χ2v) is 11.1. The molecule has 0 fully saturated rings. The van der Waals surface area contributed by atoms with E-state index in [1.54, 1.807) is 0 Å². The maximum Gasteiger partial charge on any atom is 0.127 e. The number of thiophene rings is 1. The highest BCUT2D eigenvalue weighted by atomic mass is 32.1. The maximum atomic E-state index is 6.37. The molecule has 0 saturated heterocycles. The van der Waals surface area contributed by atoms with Crippen LogP contribution in [0.25, 0.3) is 25.7 Å². The SMILES string of the molecule is C=C(c1ccccc1)c1cc2sc3cc(C)c(OCCC(C)C)cc3c2cc1OCCC(C)C. The van der Waals surface area contributed by atoms with Gasteiger partial charge in [-0.25, -0.2) is 0 Å². The minimum Gasteiger partial charge on any atom is -0.493 e. The molecule has 0 aliphatic carbocycles. The van der Waals surface area contributed by atoms with Crippen molar-refractivity contribution in [3.63, 3.8) is 0 Å². The fourth-order valence-electron chi connectivity index (χ4n) is 4.04. The van der Waals surface area contributed by atoms with Crippen LogP contribution in [0.4, 0.5) is 0 Å². The van der Waals surface area contributed by atoms with Gasteiger partial charge in [0.05, 0.1) is 13.2 Å². The van der Waals surface area contributed by atoms with Crippen molar-refractivity contribution in [2.75, 3.05) is 13.2 Å². The second kappa shape index (κ2) is 10.7. The molecule has 0 spiro atoms. The van der Waals surface area contributed by atoms with Gasteiger partial charge >= 0.3 is 0 Å². The first kappa shape index (κ1) is 24.3. The number of rotatable bonds is 10. The van der Waals surface area contributed by atoms with Crippen LogP contribution in [0.2, 0.25) is 0 Å². The Morgan fingerprint density at radius 3 is 1.97 bits per heavy atom. The van der Waals surface area contributed by atoms with E-state index in [0.717, 1.165) is 47.6 Å². The summed E-state index contributed by atoms with van der Waals surface area (Å²) in [7, 11) is 0. The van der Waals surface area contributed by atoms with E-state index in [9.17, 15) is 0 Å². The van der Waals surface area contributed by atoms with Crippen LogP contribution < -0.4 is 9.47 Å². The highest BCUT2D eigenvalue weighted by Crippen LogP contribution is 2.42. The summed E-state index contributed by atoms with van der Waals surface area (Å²) in [5.41, 5.74) is 4.37. The molecule has 4 rings (SSSR count). The lowest BCUT2D eigenvalue weighted by atomic mass is 9.97. The van der Waals surface area contributed by atoms with Crippen molar-refractivity contribution in [2.24, 2.45) is 11.8 Å². The zero-order valence-electron chi connectivity index (χ0n) is 21.1. The molecule has 0 aliphatic rings. The summed E-state index contributed by atoms with van der Waals surface area (Å²) in [6.45, 7) is 16.9. The zero-order chi connectivity index (χ0) is 24.2. The third-order valence-corrected chi connectivity index (χ3v) is 7.34. The van der Waals surface area contributed by atoms with Crippen molar-refractivity contribution in [1.29, 1.82) is 0 Å². The summed E-state index contributed by atoms with van der Waals surface area (Å²) < 4.78 is 15.1. The van der Waals surface area contributed by atoms with Gasteiger partial charge in [0.1, 0.15) is 11.5 Å². The molecule has 1 aromatic heterocycles. The van der Waals surface area contributed by atoms with Gasteiger partial charge in [-0.15, -0.1) is 11.3 Å². The molecular formula is C31H36O2S. The molecule has 0 saturated carbocycles. The zero-order valence-corrected chi connectivity index (χ0v) is 21.9. The first-order valence-electron chi connectivity index (χ1n) is 12.3. The Hall–Kier alpha value is -2.78. The molecular weight excluding hydrogens is 436 g/mol. The van der Waals surface area contributed by atoms with E-state index in [2.05, 4.69) is 89.7 Å². The van der Waals surface area contributed by atoms with Crippen LogP contribution in [0.15, 0.2) is 61.2 Å². The van der Waals surface area contributed by atoms with Gasteiger partial charge in [-0.1, -0.05) is 64.6 Å². The van der Waals surface area contributed by atoms with Gasteiger partial charge in [0, 0.05) is 25.7 Å². The predicted molar refractivity (Wildman–Crippen MR) is 149 cm³/mol. The summed E-state index contributed by atoms with van der Waals surface area (Å²) >= 11 is 1.83. The van der Waals surface area contributed by atoms with Crippen LogP contribution in [-0.4, -0.2) is 13.2 Å². The average molecular weight is 473 g/mol. The van der Waals surface area contributed by atoms with Crippen molar-refractivity contribution >= 4 is 37.1 Å². The molecule has 2 nitrogen and oxygen atoms in total. The smallest absolute Gasteiger partial charge is 0.127 e. The Labute approximate surface area is 208 Å². The van der Waals surface area contributed by atoms with Crippen molar-refractivity contribution in [2.45, 2.75) is 47.5 Å². The second-order valence-electron chi connectivity index (χ2n) is 9.97. The van der Waals surface area contributed by atoms with Crippen molar-refractivity contribution < 1.29 is 9.47 Å². The van der Waals surface area contributed by atoms with Gasteiger partial charge in [-0.05, 0) is 72.6 Å². The van der Waals surface area contributed by atoms with E-state index < -0.39 is 0 Å². The van der Waals surface area contributed by atoms with Crippen LogP contribution in [0, 0.1) is 18.8 Å². The lowest BCUT2D eigenvalue weighted by Crippen LogP contribution is -2.03. The fraction of sp³-hybridized carbons (Fsp3) is 0.355. The van der Waals surface area contributed by atoms with Crippen LogP contribution in [-0.2, 0) is 0 Å². The average Bonchev–Trinajstić information content (AvgIpc) is 3.14. The minimum atomic E-state index is 0.597. The molecule has 0 amide bonds. The van der Waals surface area contributed by atoms with Crippen LogP contribution in [0.5, 0.6) is 11.5 Å². The predicted octanol–water partition coefficient (Wildman–Crippen LogP) is 9.27.